The highest BCUT2D eigenvalue weighted by Gasteiger charge is 2.15. The Balaban J connectivity index is 1.58. The highest BCUT2D eigenvalue weighted by Crippen LogP contribution is 2.26. The predicted octanol–water partition coefficient (Wildman–Crippen LogP) is 3.04. The van der Waals surface area contributed by atoms with Gasteiger partial charge in [-0.2, -0.15) is 0 Å². The standard InChI is InChI=1S/C18H17FN2O3/c1-11-2-4-13(9-15(11)19)20-18(23)10-24-14-5-6-16-12(8-14)3-7-17(22)21-16/h2,4-6,8-9H,3,7,10H2,1H3,(H,20,23)(H,21,22). The zero-order chi connectivity index (χ0) is 17.1. The number of hydrogen-bond donors (Lipinski definition) is 2. The molecule has 0 saturated heterocycles. The average molecular weight is 328 g/mol. The minimum absolute atomic E-state index is 0.000811. The van der Waals surface area contributed by atoms with Crippen LogP contribution in [0.1, 0.15) is 17.5 Å². The molecule has 0 bridgehead atoms. The fraction of sp³-hybridized carbons (Fsp3) is 0.222. The second-order valence-electron chi connectivity index (χ2n) is 5.67. The molecule has 24 heavy (non-hydrogen) atoms. The van der Waals surface area contributed by atoms with Crippen LogP contribution in [0.3, 0.4) is 0 Å². The Morgan fingerprint density at radius 2 is 2.08 bits per heavy atom. The van der Waals surface area contributed by atoms with E-state index in [0.717, 1.165) is 11.3 Å². The molecule has 0 fully saturated rings. The Labute approximate surface area is 138 Å². The number of ether oxygens (including phenoxy) is 1. The van der Waals surface area contributed by atoms with Gasteiger partial charge < -0.3 is 15.4 Å². The van der Waals surface area contributed by atoms with E-state index < -0.39 is 0 Å². The lowest BCUT2D eigenvalue weighted by molar-refractivity contribution is -0.118. The maximum atomic E-state index is 13.5. The van der Waals surface area contributed by atoms with Gasteiger partial charge in [-0.3, -0.25) is 9.59 Å². The molecule has 1 heterocycles. The van der Waals surface area contributed by atoms with E-state index in [4.69, 9.17) is 4.74 Å². The minimum atomic E-state index is -0.371. The third-order valence-electron chi connectivity index (χ3n) is 3.80. The SMILES string of the molecule is Cc1ccc(NC(=O)COc2ccc3c(c2)CCC(=O)N3)cc1F. The summed E-state index contributed by atoms with van der Waals surface area (Å²) in [6, 6.07) is 9.78. The summed E-state index contributed by atoms with van der Waals surface area (Å²) in [4.78, 5) is 23.2. The molecule has 1 aliphatic rings. The van der Waals surface area contributed by atoms with Crippen LogP contribution in [-0.2, 0) is 16.0 Å². The van der Waals surface area contributed by atoms with E-state index in [9.17, 15) is 14.0 Å². The van der Waals surface area contributed by atoms with E-state index in [1.807, 2.05) is 6.07 Å². The van der Waals surface area contributed by atoms with Crippen LogP contribution in [0.15, 0.2) is 36.4 Å². The summed E-state index contributed by atoms with van der Waals surface area (Å²) in [6.45, 7) is 1.48. The number of benzene rings is 2. The minimum Gasteiger partial charge on any atom is -0.484 e. The third-order valence-corrected chi connectivity index (χ3v) is 3.80. The highest BCUT2D eigenvalue weighted by atomic mass is 19.1. The number of amides is 2. The molecular weight excluding hydrogens is 311 g/mol. The van der Waals surface area contributed by atoms with Crippen LogP contribution in [-0.4, -0.2) is 18.4 Å². The van der Waals surface area contributed by atoms with Crippen LogP contribution in [0.2, 0.25) is 0 Å². The topological polar surface area (TPSA) is 67.4 Å². The summed E-state index contributed by atoms with van der Waals surface area (Å²) >= 11 is 0. The first-order valence-electron chi connectivity index (χ1n) is 7.63. The van der Waals surface area contributed by atoms with Gasteiger partial charge in [0.25, 0.3) is 5.91 Å². The molecule has 2 amide bonds. The Morgan fingerprint density at radius 1 is 1.25 bits per heavy atom. The van der Waals surface area contributed by atoms with Gasteiger partial charge in [-0.05, 0) is 54.8 Å². The van der Waals surface area contributed by atoms with Gasteiger partial charge >= 0.3 is 0 Å². The van der Waals surface area contributed by atoms with Gasteiger partial charge in [0.05, 0.1) is 0 Å². The van der Waals surface area contributed by atoms with Crippen molar-refractivity contribution in [3.05, 3.63) is 53.3 Å². The monoisotopic (exact) mass is 328 g/mol. The van der Waals surface area contributed by atoms with Crippen molar-refractivity contribution in [2.45, 2.75) is 19.8 Å². The van der Waals surface area contributed by atoms with Gasteiger partial charge in [0.15, 0.2) is 6.61 Å². The van der Waals surface area contributed by atoms with Gasteiger partial charge in [-0.1, -0.05) is 6.07 Å². The van der Waals surface area contributed by atoms with E-state index in [1.165, 1.54) is 6.07 Å². The molecule has 2 N–H and O–H groups in total. The van der Waals surface area contributed by atoms with Gasteiger partial charge in [0.2, 0.25) is 5.91 Å². The molecule has 0 atom stereocenters. The van der Waals surface area contributed by atoms with Crippen molar-refractivity contribution >= 4 is 23.2 Å². The van der Waals surface area contributed by atoms with Crippen LogP contribution < -0.4 is 15.4 Å². The maximum Gasteiger partial charge on any atom is 0.262 e. The molecule has 1 aliphatic heterocycles. The number of halogens is 1. The number of carbonyl (C=O) groups excluding carboxylic acids is 2. The molecule has 0 unspecified atom stereocenters. The van der Waals surface area contributed by atoms with Gasteiger partial charge in [-0.25, -0.2) is 4.39 Å². The number of fused-ring (bicyclic) bond motifs is 1. The Hall–Kier alpha value is -2.89. The number of hydrogen-bond acceptors (Lipinski definition) is 3. The summed E-state index contributed by atoms with van der Waals surface area (Å²) in [5.41, 5.74) is 2.66. The molecular formula is C18H17FN2O3. The van der Waals surface area contributed by atoms with E-state index >= 15 is 0 Å². The summed E-state index contributed by atoms with van der Waals surface area (Å²) in [5.74, 6) is -0.189. The van der Waals surface area contributed by atoms with Crippen LogP contribution in [0.25, 0.3) is 0 Å². The Bertz CT molecular complexity index is 805. The molecule has 124 valence electrons. The van der Waals surface area contributed by atoms with E-state index in [1.54, 1.807) is 31.2 Å². The second kappa shape index (κ2) is 6.70. The highest BCUT2D eigenvalue weighted by molar-refractivity contribution is 5.94. The first-order chi connectivity index (χ1) is 11.5. The number of anilines is 2. The van der Waals surface area contributed by atoms with Crippen molar-refractivity contribution in [3.8, 4) is 5.75 Å². The van der Waals surface area contributed by atoms with Crippen LogP contribution in [0.5, 0.6) is 5.75 Å². The van der Waals surface area contributed by atoms with Crippen LogP contribution in [0.4, 0.5) is 15.8 Å². The van der Waals surface area contributed by atoms with Crippen molar-refractivity contribution in [3.63, 3.8) is 0 Å². The lowest BCUT2D eigenvalue weighted by Gasteiger charge is -2.17. The van der Waals surface area contributed by atoms with Gasteiger partial charge in [0.1, 0.15) is 11.6 Å². The van der Waals surface area contributed by atoms with Gasteiger partial charge in [0, 0.05) is 17.8 Å². The quantitative estimate of drug-likeness (QED) is 0.906. The third kappa shape index (κ3) is 3.71. The van der Waals surface area contributed by atoms with E-state index in [-0.39, 0.29) is 24.2 Å². The molecule has 0 aliphatic carbocycles. The first kappa shape index (κ1) is 16.0. The molecule has 0 spiro atoms. The molecule has 0 aromatic heterocycles. The Kier molecular flexibility index (Phi) is 4.46. The Morgan fingerprint density at radius 3 is 2.88 bits per heavy atom. The molecule has 6 heteroatoms. The van der Waals surface area contributed by atoms with E-state index in [2.05, 4.69) is 10.6 Å². The summed E-state index contributed by atoms with van der Waals surface area (Å²) in [7, 11) is 0. The normalized spacial score (nSPS) is 13.0. The van der Waals surface area contributed by atoms with Gasteiger partial charge in [-0.15, -0.1) is 0 Å². The predicted molar refractivity (Wildman–Crippen MR) is 88.7 cm³/mol. The van der Waals surface area contributed by atoms with Crippen molar-refractivity contribution in [1.29, 1.82) is 0 Å². The lowest BCUT2D eigenvalue weighted by Crippen LogP contribution is -2.21. The zero-order valence-electron chi connectivity index (χ0n) is 13.2. The molecule has 2 aromatic rings. The van der Waals surface area contributed by atoms with Crippen LogP contribution >= 0.6 is 0 Å². The fourth-order valence-corrected chi connectivity index (χ4v) is 2.47. The number of nitrogens with one attached hydrogen (secondary N) is 2. The van der Waals surface area contributed by atoms with Crippen molar-refractivity contribution < 1.29 is 18.7 Å². The lowest BCUT2D eigenvalue weighted by atomic mass is 10.0. The molecule has 0 radical (unpaired) electrons. The van der Waals surface area contributed by atoms with Crippen molar-refractivity contribution in [1.82, 2.24) is 0 Å². The fourth-order valence-electron chi connectivity index (χ4n) is 2.47. The zero-order valence-corrected chi connectivity index (χ0v) is 13.2. The first-order valence-corrected chi connectivity index (χ1v) is 7.63. The van der Waals surface area contributed by atoms with Crippen molar-refractivity contribution in [2.75, 3.05) is 17.2 Å². The van der Waals surface area contributed by atoms with Crippen molar-refractivity contribution in [2.24, 2.45) is 0 Å². The largest absolute Gasteiger partial charge is 0.484 e. The smallest absolute Gasteiger partial charge is 0.262 e. The van der Waals surface area contributed by atoms with Crippen LogP contribution in [0, 0.1) is 12.7 Å². The molecule has 3 rings (SSSR count). The maximum absolute atomic E-state index is 13.5. The summed E-state index contributed by atoms with van der Waals surface area (Å²) in [5, 5.41) is 5.37. The number of rotatable bonds is 4. The number of carbonyl (C=O) groups is 2. The molecule has 5 nitrogen and oxygen atoms in total. The average Bonchev–Trinajstić information content (AvgIpc) is 2.56. The summed E-state index contributed by atoms with van der Waals surface area (Å²) in [6.07, 6.45) is 1.09. The molecule has 0 saturated carbocycles. The summed E-state index contributed by atoms with van der Waals surface area (Å²) < 4.78 is 18.9. The number of aryl methyl sites for hydroxylation is 2. The van der Waals surface area contributed by atoms with E-state index in [0.29, 0.717) is 29.8 Å². The molecule has 2 aromatic carbocycles. The second-order valence-corrected chi connectivity index (χ2v) is 5.67.